The van der Waals surface area contributed by atoms with Crippen molar-refractivity contribution in [2.75, 3.05) is 38.2 Å². The highest BCUT2D eigenvalue weighted by Gasteiger charge is 2.24. The Morgan fingerprint density at radius 2 is 1.86 bits per heavy atom. The summed E-state index contributed by atoms with van der Waals surface area (Å²) in [4.78, 5) is 14.4. The second kappa shape index (κ2) is 8.15. The van der Waals surface area contributed by atoms with Gasteiger partial charge >= 0.3 is 6.03 Å². The van der Waals surface area contributed by atoms with Crippen LogP contribution in [0.4, 0.5) is 10.5 Å². The van der Waals surface area contributed by atoms with Gasteiger partial charge in [-0.2, -0.15) is 0 Å². The molecule has 1 aromatic carbocycles. The lowest BCUT2D eigenvalue weighted by molar-refractivity contribution is 0.00728. The fourth-order valence-electron chi connectivity index (χ4n) is 2.71. The molecule has 0 aliphatic carbocycles. The molecule has 1 heterocycles. The minimum absolute atomic E-state index is 0.150. The maximum Gasteiger partial charge on any atom is 0.319 e. The normalized spacial score (nSPS) is 17.3. The van der Waals surface area contributed by atoms with E-state index in [1.807, 2.05) is 31.2 Å². The minimum Gasteiger partial charge on any atom is -0.379 e. The van der Waals surface area contributed by atoms with E-state index in [1.165, 1.54) is 5.56 Å². The summed E-state index contributed by atoms with van der Waals surface area (Å²) in [5.74, 6) is 0.484. The Hall–Kier alpha value is -1.59. The molecule has 122 valence electrons. The smallest absolute Gasteiger partial charge is 0.319 e. The molecule has 2 rings (SSSR count). The lowest BCUT2D eigenvalue weighted by atomic mass is 10.0. The van der Waals surface area contributed by atoms with E-state index < -0.39 is 0 Å². The number of benzene rings is 1. The molecule has 2 N–H and O–H groups in total. The number of rotatable bonds is 5. The number of amides is 2. The number of aryl methyl sites for hydroxylation is 1. The molecule has 2 amide bonds. The monoisotopic (exact) mass is 305 g/mol. The maximum absolute atomic E-state index is 12.0. The number of carbonyl (C=O) groups is 1. The number of urea groups is 1. The fraction of sp³-hybridized carbons (Fsp3) is 0.588. The summed E-state index contributed by atoms with van der Waals surface area (Å²) in [6.07, 6.45) is 0. The molecule has 1 aliphatic rings. The van der Waals surface area contributed by atoms with Gasteiger partial charge in [0.25, 0.3) is 0 Å². The highest BCUT2D eigenvalue weighted by Crippen LogP contribution is 2.12. The number of nitrogens with one attached hydrogen (secondary N) is 2. The van der Waals surface area contributed by atoms with Gasteiger partial charge in [-0.1, -0.05) is 31.5 Å². The van der Waals surface area contributed by atoms with Crippen LogP contribution < -0.4 is 10.6 Å². The maximum atomic E-state index is 12.0. The van der Waals surface area contributed by atoms with E-state index in [-0.39, 0.29) is 6.03 Å². The molecule has 1 fully saturated rings. The van der Waals surface area contributed by atoms with Crippen molar-refractivity contribution in [2.45, 2.75) is 26.8 Å². The van der Waals surface area contributed by atoms with Gasteiger partial charge in [0.2, 0.25) is 0 Å². The molecule has 0 bridgehead atoms. The van der Waals surface area contributed by atoms with Crippen LogP contribution in [-0.4, -0.2) is 49.8 Å². The second-order valence-electron chi connectivity index (χ2n) is 6.16. The molecule has 1 aromatic rings. The minimum atomic E-state index is -0.150. The summed E-state index contributed by atoms with van der Waals surface area (Å²) in [6.45, 7) is 10.5. The van der Waals surface area contributed by atoms with Gasteiger partial charge in [0.1, 0.15) is 0 Å². The first-order valence-corrected chi connectivity index (χ1v) is 7.99. The van der Waals surface area contributed by atoms with Crippen LogP contribution in [-0.2, 0) is 4.74 Å². The molecule has 5 heteroatoms. The Morgan fingerprint density at radius 3 is 2.45 bits per heavy atom. The van der Waals surface area contributed by atoms with Crippen LogP contribution in [0, 0.1) is 12.8 Å². The zero-order valence-corrected chi connectivity index (χ0v) is 13.8. The predicted octanol–water partition coefficient (Wildman–Crippen LogP) is 2.47. The number of hydrogen-bond acceptors (Lipinski definition) is 3. The molecule has 5 nitrogen and oxygen atoms in total. The molecule has 22 heavy (non-hydrogen) atoms. The summed E-state index contributed by atoms with van der Waals surface area (Å²) in [5, 5.41) is 5.87. The summed E-state index contributed by atoms with van der Waals surface area (Å²) < 4.78 is 5.40. The number of nitrogens with zero attached hydrogens (tertiary/aromatic N) is 1. The van der Waals surface area contributed by atoms with Crippen LogP contribution in [0.25, 0.3) is 0 Å². The first kappa shape index (κ1) is 16.8. The summed E-state index contributed by atoms with van der Waals surface area (Å²) in [7, 11) is 0. The third-order valence-electron chi connectivity index (χ3n) is 4.07. The van der Waals surface area contributed by atoms with Gasteiger partial charge in [-0.25, -0.2) is 4.79 Å². The van der Waals surface area contributed by atoms with Gasteiger partial charge in [-0.3, -0.25) is 4.90 Å². The lowest BCUT2D eigenvalue weighted by Gasteiger charge is -2.36. The van der Waals surface area contributed by atoms with Gasteiger partial charge in [0, 0.05) is 31.4 Å². The largest absolute Gasteiger partial charge is 0.379 e. The molecule has 0 spiro atoms. The summed E-state index contributed by atoms with van der Waals surface area (Å²) in [6, 6.07) is 7.99. The Bertz CT molecular complexity index is 467. The molecule has 1 atom stereocenters. The van der Waals surface area contributed by atoms with Crippen molar-refractivity contribution in [3.63, 3.8) is 0 Å². The number of morpholine rings is 1. The molecule has 0 radical (unpaired) electrons. The van der Waals surface area contributed by atoms with Crippen molar-refractivity contribution in [3.05, 3.63) is 29.8 Å². The van der Waals surface area contributed by atoms with Crippen LogP contribution in [0.1, 0.15) is 19.4 Å². The van der Waals surface area contributed by atoms with Gasteiger partial charge < -0.3 is 15.4 Å². The molecular formula is C17H27N3O2. The third kappa shape index (κ3) is 5.00. The summed E-state index contributed by atoms with van der Waals surface area (Å²) >= 11 is 0. The fourth-order valence-corrected chi connectivity index (χ4v) is 2.71. The average molecular weight is 305 g/mol. The van der Waals surface area contributed by atoms with Crippen LogP contribution in [0.3, 0.4) is 0 Å². The molecule has 1 aliphatic heterocycles. The number of ether oxygens (including phenoxy) is 1. The first-order chi connectivity index (χ1) is 10.6. The van der Waals surface area contributed by atoms with Crippen molar-refractivity contribution in [3.8, 4) is 0 Å². The highest BCUT2D eigenvalue weighted by molar-refractivity contribution is 5.89. The van der Waals surface area contributed by atoms with E-state index in [4.69, 9.17) is 4.74 Å². The zero-order chi connectivity index (χ0) is 15.9. The van der Waals surface area contributed by atoms with Crippen molar-refractivity contribution in [1.29, 1.82) is 0 Å². The Kier molecular flexibility index (Phi) is 6.21. The van der Waals surface area contributed by atoms with E-state index >= 15 is 0 Å². The first-order valence-electron chi connectivity index (χ1n) is 7.99. The van der Waals surface area contributed by atoms with Crippen LogP contribution in [0.2, 0.25) is 0 Å². The molecular weight excluding hydrogens is 278 g/mol. The van der Waals surface area contributed by atoms with Crippen molar-refractivity contribution >= 4 is 11.7 Å². The quantitative estimate of drug-likeness (QED) is 0.878. The van der Waals surface area contributed by atoms with E-state index in [2.05, 4.69) is 29.4 Å². The average Bonchev–Trinajstić information content (AvgIpc) is 2.50. The SMILES string of the molecule is Cc1ccc(NC(=O)NCC(C(C)C)N2CCOCC2)cc1. The Morgan fingerprint density at radius 1 is 1.23 bits per heavy atom. The molecule has 0 aromatic heterocycles. The van der Waals surface area contributed by atoms with Crippen LogP contribution in [0.15, 0.2) is 24.3 Å². The topological polar surface area (TPSA) is 53.6 Å². The number of hydrogen-bond donors (Lipinski definition) is 2. The van der Waals surface area contributed by atoms with Crippen molar-refractivity contribution in [2.24, 2.45) is 5.92 Å². The van der Waals surface area contributed by atoms with Crippen molar-refractivity contribution in [1.82, 2.24) is 10.2 Å². The van der Waals surface area contributed by atoms with E-state index in [9.17, 15) is 4.79 Å². The molecule has 1 saturated heterocycles. The van der Waals surface area contributed by atoms with E-state index in [0.717, 1.165) is 32.0 Å². The van der Waals surface area contributed by atoms with Crippen LogP contribution >= 0.6 is 0 Å². The van der Waals surface area contributed by atoms with Crippen LogP contribution in [0.5, 0.6) is 0 Å². The zero-order valence-electron chi connectivity index (χ0n) is 13.8. The van der Waals surface area contributed by atoms with Crippen molar-refractivity contribution < 1.29 is 9.53 Å². The van der Waals surface area contributed by atoms with Gasteiger partial charge in [0.05, 0.1) is 13.2 Å². The number of carbonyl (C=O) groups excluding carboxylic acids is 1. The van der Waals surface area contributed by atoms with E-state index in [0.29, 0.717) is 18.5 Å². The summed E-state index contributed by atoms with van der Waals surface area (Å²) in [5.41, 5.74) is 1.99. The Balaban J connectivity index is 1.83. The molecule has 0 saturated carbocycles. The second-order valence-corrected chi connectivity index (χ2v) is 6.16. The van der Waals surface area contributed by atoms with Gasteiger partial charge in [0.15, 0.2) is 0 Å². The molecule has 1 unspecified atom stereocenters. The van der Waals surface area contributed by atoms with Gasteiger partial charge in [-0.05, 0) is 25.0 Å². The third-order valence-corrected chi connectivity index (χ3v) is 4.07. The van der Waals surface area contributed by atoms with E-state index in [1.54, 1.807) is 0 Å². The lowest BCUT2D eigenvalue weighted by Crippen LogP contribution is -2.51. The van der Waals surface area contributed by atoms with Gasteiger partial charge in [-0.15, -0.1) is 0 Å². The highest BCUT2D eigenvalue weighted by atomic mass is 16.5. The number of anilines is 1. The standard InChI is InChI=1S/C17H27N3O2/c1-13(2)16(20-8-10-22-11-9-20)12-18-17(21)19-15-6-4-14(3)5-7-15/h4-7,13,16H,8-12H2,1-3H3,(H2,18,19,21). The predicted molar refractivity (Wildman–Crippen MR) is 89.2 cm³/mol. The Labute approximate surface area is 133 Å².